The van der Waals surface area contributed by atoms with Crippen LogP contribution in [-0.2, 0) is 4.74 Å². The van der Waals surface area contributed by atoms with Crippen molar-refractivity contribution < 1.29 is 14.3 Å². The van der Waals surface area contributed by atoms with Crippen LogP contribution in [0.4, 0.5) is 4.79 Å². The molecule has 0 atom stereocenters. The van der Waals surface area contributed by atoms with Crippen LogP contribution in [0.5, 0.6) is 5.75 Å². The molecule has 1 aromatic carbocycles. The highest BCUT2D eigenvalue weighted by molar-refractivity contribution is 5.64. The van der Waals surface area contributed by atoms with E-state index < -0.39 is 6.16 Å². The highest BCUT2D eigenvalue weighted by Gasteiger charge is 2.32. The van der Waals surface area contributed by atoms with Crippen LogP contribution < -0.4 is 4.74 Å². The monoisotopic (exact) mass is 482 g/mol. The number of unbranched alkanes of at least 4 members (excludes halogenated alkanes) is 1. The Morgan fingerprint density at radius 1 is 0.714 bits per heavy atom. The van der Waals surface area contributed by atoms with Gasteiger partial charge in [0.05, 0.1) is 0 Å². The van der Waals surface area contributed by atoms with Crippen molar-refractivity contribution in [3.05, 3.63) is 29.8 Å². The fraction of sp³-hybridized carbons (Fsp3) is 0.781. The van der Waals surface area contributed by atoms with Crippen molar-refractivity contribution in [2.24, 2.45) is 23.7 Å². The van der Waals surface area contributed by atoms with E-state index in [2.05, 4.69) is 26.0 Å². The lowest BCUT2D eigenvalue weighted by Crippen LogP contribution is -2.30. The zero-order valence-electron chi connectivity index (χ0n) is 22.5. The smallest absolute Gasteiger partial charge is 0.431 e. The Labute approximate surface area is 214 Å². The van der Waals surface area contributed by atoms with Crippen molar-refractivity contribution in [3.8, 4) is 5.75 Å². The van der Waals surface area contributed by atoms with Gasteiger partial charge in [-0.1, -0.05) is 70.9 Å². The predicted octanol–water partition coefficient (Wildman–Crippen LogP) is 9.83. The first kappa shape index (κ1) is 26.6. The van der Waals surface area contributed by atoms with Gasteiger partial charge in [-0.05, 0) is 111 Å². The molecule has 196 valence electrons. The van der Waals surface area contributed by atoms with Gasteiger partial charge in [-0.2, -0.15) is 0 Å². The van der Waals surface area contributed by atoms with Crippen molar-refractivity contribution in [2.75, 3.05) is 0 Å². The molecule has 3 fully saturated rings. The molecule has 0 N–H and O–H groups in total. The first-order chi connectivity index (χ1) is 17.1. The van der Waals surface area contributed by atoms with E-state index in [0.29, 0.717) is 11.7 Å². The van der Waals surface area contributed by atoms with E-state index in [1.54, 1.807) is 0 Å². The lowest BCUT2D eigenvalue weighted by atomic mass is 9.70. The van der Waals surface area contributed by atoms with Gasteiger partial charge in [0, 0.05) is 0 Å². The third kappa shape index (κ3) is 7.99. The molecule has 4 rings (SSSR count). The number of hydrogen-bond acceptors (Lipinski definition) is 3. The van der Waals surface area contributed by atoms with Gasteiger partial charge in [0.25, 0.3) is 0 Å². The molecule has 0 aliphatic heterocycles. The number of carbonyl (C=O) groups excluding carboxylic acids is 1. The van der Waals surface area contributed by atoms with Gasteiger partial charge in [0.2, 0.25) is 0 Å². The Morgan fingerprint density at radius 3 is 1.89 bits per heavy atom. The molecule has 3 heteroatoms. The maximum absolute atomic E-state index is 12.4. The Bertz CT molecular complexity index is 733. The highest BCUT2D eigenvalue weighted by atomic mass is 16.7. The second-order valence-electron chi connectivity index (χ2n) is 12.0. The normalized spacial score (nSPS) is 31.6. The molecular weight excluding hydrogens is 432 g/mol. The third-order valence-corrected chi connectivity index (χ3v) is 9.60. The van der Waals surface area contributed by atoms with E-state index in [4.69, 9.17) is 9.47 Å². The van der Waals surface area contributed by atoms with Gasteiger partial charge in [-0.3, -0.25) is 0 Å². The summed E-state index contributed by atoms with van der Waals surface area (Å²) in [6.07, 6.45) is 21.7. The van der Waals surface area contributed by atoms with Gasteiger partial charge in [-0.15, -0.1) is 0 Å². The minimum atomic E-state index is -0.530. The molecule has 0 spiro atoms. The van der Waals surface area contributed by atoms with E-state index in [-0.39, 0.29) is 6.10 Å². The van der Waals surface area contributed by atoms with Crippen molar-refractivity contribution in [1.82, 2.24) is 0 Å². The summed E-state index contributed by atoms with van der Waals surface area (Å²) >= 11 is 0. The second-order valence-corrected chi connectivity index (χ2v) is 12.0. The molecule has 0 unspecified atom stereocenters. The molecule has 3 aliphatic rings. The van der Waals surface area contributed by atoms with Gasteiger partial charge in [-0.25, -0.2) is 4.79 Å². The molecule has 0 radical (unpaired) electrons. The minimum Gasteiger partial charge on any atom is -0.431 e. The topological polar surface area (TPSA) is 35.5 Å². The van der Waals surface area contributed by atoms with Crippen LogP contribution in [0, 0.1) is 23.7 Å². The van der Waals surface area contributed by atoms with Gasteiger partial charge < -0.3 is 9.47 Å². The van der Waals surface area contributed by atoms with Gasteiger partial charge in [0.15, 0.2) is 0 Å². The van der Waals surface area contributed by atoms with Crippen LogP contribution in [0.15, 0.2) is 24.3 Å². The molecule has 3 nitrogen and oxygen atoms in total. The summed E-state index contributed by atoms with van der Waals surface area (Å²) in [5.41, 5.74) is 1.39. The highest BCUT2D eigenvalue weighted by Crippen LogP contribution is 2.42. The average molecular weight is 483 g/mol. The summed E-state index contributed by atoms with van der Waals surface area (Å²) in [5, 5.41) is 0. The number of rotatable bonds is 9. The molecule has 35 heavy (non-hydrogen) atoms. The maximum Gasteiger partial charge on any atom is 0.514 e. The maximum atomic E-state index is 12.4. The molecule has 0 aromatic heterocycles. The Hall–Kier alpha value is -1.51. The summed E-state index contributed by atoms with van der Waals surface area (Å²) in [6.45, 7) is 4.60. The molecule has 0 heterocycles. The largest absolute Gasteiger partial charge is 0.514 e. The quantitative estimate of drug-likeness (QED) is 0.259. The Morgan fingerprint density at radius 2 is 1.29 bits per heavy atom. The standard InChI is InChI=1S/C32H50O3/c1-3-5-7-25-10-14-27(15-11-25)29-18-22-31(23-19-29)35-32(33)34-30-20-16-28(17-21-30)26-12-8-24(6-4-2)9-13-26/h18-19,22-28,30H,3-17,20-21H2,1-2H3. The van der Waals surface area contributed by atoms with E-state index >= 15 is 0 Å². The summed E-state index contributed by atoms with van der Waals surface area (Å²) < 4.78 is 11.2. The summed E-state index contributed by atoms with van der Waals surface area (Å²) in [7, 11) is 0. The summed E-state index contributed by atoms with van der Waals surface area (Å²) in [6, 6.07) is 8.21. The SMILES string of the molecule is CCCCC1CCC(c2ccc(OC(=O)OC3CCC(C4CCC(CCC)CC4)CC3)cc2)CC1. The first-order valence-corrected chi connectivity index (χ1v) is 15.1. The van der Waals surface area contributed by atoms with Crippen LogP contribution in [0.2, 0.25) is 0 Å². The van der Waals surface area contributed by atoms with Crippen LogP contribution >= 0.6 is 0 Å². The van der Waals surface area contributed by atoms with E-state index in [9.17, 15) is 4.79 Å². The minimum absolute atomic E-state index is 0.0253. The lowest BCUT2D eigenvalue weighted by Gasteiger charge is -2.37. The summed E-state index contributed by atoms with van der Waals surface area (Å²) in [5.74, 6) is 4.91. The van der Waals surface area contributed by atoms with Crippen LogP contribution in [0.3, 0.4) is 0 Å². The van der Waals surface area contributed by atoms with E-state index in [0.717, 1.165) is 36.5 Å². The Balaban J connectivity index is 1.14. The van der Waals surface area contributed by atoms with Crippen molar-refractivity contribution in [1.29, 1.82) is 0 Å². The van der Waals surface area contributed by atoms with Crippen LogP contribution in [0.1, 0.15) is 134 Å². The molecular formula is C32H50O3. The van der Waals surface area contributed by atoms with Crippen LogP contribution in [0.25, 0.3) is 0 Å². The number of ether oxygens (including phenoxy) is 2. The number of carbonyl (C=O) groups is 1. The van der Waals surface area contributed by atoms with Crippen molar-refractivity contribution in [3.63, 3.8) is 0 Å². The first-order valence-electron chi connectivity index (χ1n) is 15.1. The fourth-order valence-corrected chi connectivity index (χ4v) is 7.38. The zero-order chi connectivity index (χ0) is 24.5. The summed E-state index contributed by atoms with van der Waals surface area (Å²) in [4.78, 5) is 12.4. The lowest BCUT2D eigenvalue weighted by molar-refractivity contribution is 0.0238. The van der Waals surface area contributed by atoms with Crippen LogP contribution in [-0.4, -0.2) is 12.3 Å². The fourth-order valence-electron chi connectivity index (χ4n) is 7.38. The second kappa shape index (κ2) is 13.7. The molecule has 1 aromatic rings. The zero-order valence-corrected chi connectivity index (χ0v) is 22.5. The van der Waals surface area contributed by atoms with E-state index in [1.807, 2.05) is 12.1 Å². The van der Waals surface area contributed by atoms with E-state index in [1.165, 1.54) is 102 Å². The Kier molecular flexibility index (Phi) is 10.4. The molecule has 3 saturated carbocycles. The molecule has 0 bridgehead atoms. The molecule has 0 saturated heterocycles. The molecule has 3 aliphatic carbocycles. The van der Waals surface area contributed by atoms with Crippen molar-refractivity contribution >= 4 is 6.16 Å². The number of hydrogen-bond donors (Lipinski definition) is 0. The van der Waals surface area contributed by atoms with Gasteiger partial charge >= 0.3 is 6.16 Å². The average Bonchev–Trinajstić information content (AvgIpc) is 2.89. The number of benzene rings is 1. The molecule has 0 amide bonds. The predicted molar refractivity (Wildman–Crippen MR) is 144 cm³/mol. The van der Waals surface area contributed by atoms with Crippen molar-refractivity contribution in [2.45, 2.75) is 135 Å². The van der Waals surface area contributed by atoms with Gasteiger partial charge in [0.1, 0.15) is 11.9 Å². The third-order valence-electron chi connectivity index (χ3n) is 9.60.